The van der Waals surface area contributed by atoms with Crippen LogP contribution in [-0.4, -0.2) is 28.8 Å². The first-order valence-electron chi connectivity index (χ1n) is 11.1. The van der Waals surface area contributed by atoms with Gasteiger partial charge in [-0.1, -0.05) is 49.4 Å². The van der Waals surface area contributed by atoms with E-state index in [-0.39, 0.29) is 23.8 Å². The molecular weight excluding hydrogens is 434 g/mol. The van der Waals surface area contributed by atoms with Crippen molar-refractivity contribution in [3.8, 4) is 11.5 Å². The Morgan fingerprint density at radius 1 is 0.970 bits per heavy atom. The number of amides is 2. The van der Waals surface area contributed by atoms with Crippen molar-refractivity contribution in [1.29, 1.82) is 0 Å². The lowest BCUT2D eigenvalue weighted by atomic mass is 10.1. The smallest absolute Gasteiger partial charge is 0.293 e. The SMILES string of the molecule is CCOc1cc(/C=C2\SC(=O)N(Cc3ccc4ccccc4c3)C2=O)ccc1OC(C)CC. The number of benzene rings is 3. The molecule has 0 radical (unpaired) electrons. The summed E-state index contributed by atoms with van der Waals surface area (Å²) in [6, 6.07) is 19.6. The van der Waals surface area contributed by atoms with Crippen molar-refractivity contribution in [1.82, 2.24) is 4.90 Å². The summed E-state index contributed by atoms with van der Waals surface area (Å²) in [7, 11) is 0. The number of ether oxygens (including phenoxy) is 2. The van der Waals surface area contributed by atoms with Crippen LogP contribution < -0.4 is 9.47 Å². The normalized spacial score (nSPS) is 16.0. The Morgan fingerprint density at radius 3 is 2.52 bits per heavy atom. The van der Waals surface area contributed by atoms with E-state index >= 15 is 0 Å². The molecule has 1 aliphatic heterocycles. The molecule has 6 heteroatoms. The minimum Gasteiger partial charge on any atom is -0.490 e. The van der Waals surface area contributed by atoms with E-state index in [1.165, 1.54) is 4.90 Å². The third kappa shape index (κ3) is 5.22. The monoisotopic (exact) mass is 461 g/mol. The summed E-state index contributed by atoms with van der Waals surface area (Å²) in [4.78, 5) is 27.3. The van der Waals surface area contributed by atoms with Crippen LogP contribution in [0.4, 0.5) is 4.79 Å². The molecule has 1 aliphatic rings. The predicted octanol–water partition coefficient (Wildman–Crippen LogP) is 6.65. The zero-order valence-corrected chi connectivity index (χ0v) is 19.9. The molecule has 0 spiro atoms. The van der Waals surface area contributed by atoms with E-state index < -0.39 is 0 Å². The number of carbonyl (C=O) groups excluding carboxylic acids is 2. The second kappa shape index (κ2) is 10.1. The van der Waals surface area contributed by atoms with Crippen molar-refractivity contribution in [2.45, 2.75) is 39.8 Å². The van der Waals surface area contributed by atoms with Gasteiger partial charge in [-0.3, -0.25) is 14.5 Å². The summed E-state index contributed by atoms with van der Waals surface area (Å²) in [6.07, 6.45) is 2.69. The molecule has 3 aromatic rings. The van der Waals surface area contributed by atoms with E-state index in [4.69, 9.17) is 9.47 Å². The van der Waals surface area contributed by atoms with Crippen LogP contribution in [0.1, 0.15) is 38.3 Å². The first kappa shape index (κ1) is 22.9. The molecule has 1 unspecified atom stereocenters. The van der Waals surface area contributed by atoms with Crippen LogP contribution >= 0.6 is 11.8 Å². The van der Waals surface area contributed by atoms with Crippen molar-refractivity contribution in [2.24, 2.45) is 0 Å². The molecule has 1 saturated heterocycles. The van der Waals surface area contributed by atoms with Gasteiger partial charge < -0.3 is 9.47 Å². The van der Waals surface area contributed by atoms with Crippen molar-refractivity contribution in [3.63, 3.8) is 0 Å². The number of imide groups is 1. The lowest BCUT2D eigenvalue weighted by molar-refractivity contribution is -0.123. The molecule has 4 rings (SSSR count). The largest absolute Gasteiger partial charge is 0.490 e. The molecular formula is C27H27NO4S. The minimum absolute atomic E-state index is 0.0710. The maximum absolute atomic E-state index is 13.0. The molecule has 2 amide bonds. The second-order valence-electron chi connectivity index (χ2n) is 7.93. The van der Waals surface area contributed by atoms with E-state index in [1.807, 2.05) is 74.5 Å². The minimum atomic E-state index is -0.281. The Balaban J connectivity index is 1.54. The molecule has 1 atom stereocenters. The maximum atomic E-state index is 13.0. The van der Waals surface area contributed by atoms with Gasteiger partial charge >= 0.3 is 0 Å². The number of hydrogen-bond acceptors (Lipinski definition) is 5. The van der Waals surface area contributed by atoms with Gasteiger partial charge in [-0.15, -0.1) is 0 Å². The van der Waals surface area contributed by atoms with Gasteiger partial charge in [0, 0.05) is 0 Å². The van der Waals surface area contributed by atoms with Gasteiger partial charge in [-0.05, 0) is 78.2 Å². The highest BCUT2D eigenvalue weighted by Crippen LogP contribution is 2.36. The highest BCUT2D eigenvalue weighted by molar-refractivity contribution is 8.18. The van der Waals surface area contributed by atoms with Gasteiger partial charge in [0.2, 0.25) is 0 Å². The van der Waals surface area contributed by atoms with Gasteiger partial charge in [-0.2, -0.15) is 0 Å². The van der Waals surface area contributed by atoms with Crippen molar-refractivity contribution in [2.75, 3.05) is 6.61 Å². The fraction of sp³-hybridized carbons (Fsp3) is 0.259. The highest BCUT2D eigenvalue weighted by atomic mass is 32.2. The molecule has 33 heavy (non-hydrogen) atoms. The Bertz CT molecular complexity index is 1220. The molecule has 0 saturated carbocycles. The molecule has 5 nitrogen and oxygen atoms in total. The van der Waals surface area contributed by atoms with Crippen LogP contribution in [0, 0.1) is 0 Å². The number of carbonyl (C=O) groups is 2. The van der Waals surface area contributed by atoms with E-state index in [9.17, 15) is 9.59 Å². The average molecular weight is 462 g/mol. The molecule has 0 aromatic heterocycles. The van der Waals surface area contributed by atoms with Crippen LogP contribution in [0.3, 0.4) is 0 Å². The van der Waals surface area contributed by atoms with E-state index in [1.54, 1.807) is 6.08 Å². The Kier molecular flexibility index (Phi) is 7.04. The number of thioether (sulfide) groups is 1. The van der Waals surface area contributed by atoms with Crippen molar-refractivity contribution >= 4 is 39.8 Å². The molecule has 1 fully saturated rings. The van der Waals surface area contributed by atoms with Crippen molar-refractivity contribution < 1.29 is 19.1 Å². The number of rotatable bonds is 8. The van der Waals surface area contributed by atoms with Crippen LogP contribution in [0.2, 0.25) is 0 Å². The predicted molar refractivity (Wildman–Crippen MR) is 133 cm³/mol. The molecule has 0 aliphatic carbocycles. The molecule has 0 N–H and O–H groups in total. The first-order valence-corrected chi connectivity index (χ1v) is 12.0. The zero-order chi connectivity index (χ0) is 23.4. The zero-order valence-electron chi connectivity index (χ0n) is 19.0. The van der Waals surface area contributed by atoms with Crippen molar-refractivity contribution in [3.05, 3.63) is 76.7 Å². The quantitative estimate of drug-likeness (QED) is 0.351. The third-order valence-electron chi connectivity index (χ3n) is 5.50. The summed E-state index contributed by atoms with van der Waals surface area (Å²) in [5.41, 5.74) is 1.70. The van der Waals surface area contributed by atoms with Gasteiger partial charge in [0.05, 0.1) is 24.2 Å². The summed E-state index contributed by atoms with van der Waals surface area (Å²) in [5.74, 6) is 1.02. The lowest BCUT2D eigenvalue weighted by Gasteiger charge is -2.16. The highest BCUT2D eigenvalue weighted by Gasteiger charge is 2.35. The number of hydrogen-bond donors (Lipinski definition) is 0. The van der Waals surface area contributed by atoms with Crippen LogP contribution in [0.5, 0.6) is 11.5 Å². The molecule has 0 bridgehead atoms. The Morgan fingerprint density at radius 2 is 1.76 bits per heavy atom. The van der Waals surface area contributed by atoms with Crippen LogP contribution in [0.25, 0.3) is 16.8 Å². The first-order chi connectivity index (χ1) is 16.0. The molecule has 1 heterocycles. The standard InChI is InChI=1S/C27H27NO4S/c1-4-18(3)32-23-13-11-19(15-24(23)31-5-2)16-25-26(29)28(27(30)33-25)17-20-10-12-21-8-6-7-9-22(21)14-20/h6-16,18H,4-5,17H2,1-3H3/b25-16-. The van der Waals surface area contributed by atoms with Crippen LogP contribution in [0.15, 0.2) is 65.6 Å². The summed E-state index contributed by atoms with van der Waals surface area (Å²) in [5, 5.41) is 1.95. The fourth-order valence-corrected chi connectivity index (χ4v) is 4.43. The fourth-order valence-electron chi connectivity index (χ4n) is 3.59. The van der Waals surface area contributed by atoms with Crippen LogP contribution in [-0.2, 0) is 11.3 Å². The topological polar surface area (TPSA) is 55.8 Å². The van der Waals surface area contributed by atoms with Gasteiger partial charge in [0.15, 0.2) is 11.5 Å². The third-order valence-corrected chi connectivity index (χ3v) is 6.40. The van der Waals surface area contributed by atoms with Gasteiger partial charge in [-0.25, -0.2) is 0 Å². The second-order valence-corrected chi connectivity index (χ2v) is 8.92. The lowest BCUT2D eigenvalue weighted by Crippen LogP contribution is -2.27. The number of nitrogens with zero attached hydrogens (tertiary/aromatic N) is 1. The Hall–Kier alpha value is -3.25. The maximum Gasteiger partial charge on any atom is 0.293 e. The average Bonchev–Trinajstić information content (AvgIpc) is 3.08. The van der Waals surface area contributed by atoms with E-state index in [0.29, 0.717) is 23.0 Å². The van der Waals surface area contributed by atoms with E-state index in [0.717, 1.165) is 40.1 Å². The molecule has 3 aromatic carbocycles. The Labute approximate surface area is 198 Å². The van der Waals surface area contributed by atoms with Gasteiger partial charge in [0.25, 0.3) is 11.1 Å². The molecule has 170 valence electrons. The summed E-state index contributed by atoms with van der Waals surface area (Å²) >= 11 is 0.964. The number of fused-ring (bicyclic) bond motifs is 1. The van der Waals surface area contributed by atoms with Gasteiger partial charge in [0.1, 0.15) is 0 Å². The van der Waals surface area contributed by atoms with E-state index in [2.05, 4.69) is 6.92 Å². The summed E-state index contributed by atoms with van der Waals surface area (Å²) in [6.45, 7) is 6.74. The summed E-state index contributed by atoms with van der Waals surface area (Å²) < 4.78 is 11.7.